The molecule has 1 aromatic rings. The van der Waals surface area contributed by atoms with Gasteiger partial charge in [0.2, 0.25) is 0 Å². The average molecular weight is 260 g/mol. The van der Waals surface area contributed by atoms with Crippen molar-refractivity contribution in [1.29, 1.82) is 0 Å². The van der Waals surface area contributed by atoms with Crippen molar-refractivity contribution in [2.75, 3.05) is 0 Å². The topological polar surface area (TPSA) is 35.5 Å². The van der Waals surface area contributed by atoms with Gasteiger partial charge in [-0.2, -0.15) is 0 Å². The van der Waals surface area contributed by atoms with Gasteiger partial charge < -0.3 is 9.31 Å². The average Bonchev–Trinajstić information content (AvgIpc) is 2.58. The van der Waals surface area contributed by atoms with Gasteiger partial charge in [-0.3, -0.25) is 4.79 Å². The van der Waals surface area contributed by atoms with Crippen LogP contribution in [0.2, 0.25) is 5.82 Å². The van der Waals surface area contributed by atoms with Gasteiger partial charge in [0.15, 0.2) is 5.78 Å². The number of benzene rings is 1. The minimum absolute atomic E-state index is 0.0547. The fourth-order valence-electron chi connectivity index (χ4n) is 2.08. The molecule has 0 bridgehead atoms. The van der Waals surface area contributed by atoms with Crippen LogP contribution in [0.1, 0.15) is 45.0 Å². The van der Waals surface area contributed by atoms with Crippen molar-refractivity contribution >= 4 is 12.9 Å². The zero-order valence-electron chi connectivity index (χ0n) is 12.3. The maximum atomic E-state index is 12.4. The summed E-state index contributed by atoms with van der Waals surface area (Å²) in [5.74, 6) is -0.262. The van der Waals surface area contributed by atoms with Crippen molar-refractivity contribution < 1.29 is 14.1 Å². The van der Waals surface area contributed by atoms with Crippen molar-refractivity contribution in [3.63, 3.8) is 0 Å². The molecule has 1 aromatic carbocycles. The van der Waals surface area contributed by atoms with Crippen LogP contribution in [0.5, 0.6) is 0 Å². The number of ketones is 1. The molecular formula is C15H21BO3. The van der Waals surface area contributed by atoms with Gasteiger partial charge in [0.1, 0.15) is 0 Å². The van der Waals surface area contributed by atoms with Gasteiger partial charge >= 0.3 is 7.12 Å². The second-order valence-corrected chi connectivity index (χ2v) is 6.14. The highest BCUT2D eigenvalue weighted by molar-refractivity contribution is 6.53. The number of carbonyl (C=O) groups is 1. The van der Waals surface area contributed by atoms with E-state index >= 15 is 0 Å². The molecule has 1 fully saturated rings. The third-order valence-electron chi connectivity index (χ3n) is 4.15. The Morgan fingerprint density at radius 1 is 1.05 bits per heavy atom. The molecule has 0 spiro atoms. The minimum atomic E-state index is -0.488. The number of hydrogen-bond acceptors (Lipinski definition) is 3. The summed E-state index contributed by atoms with van der Waals surface area (Å²) in [5, 5.41) is 0. The van der Waals surface area contributed by atoms with Crippen molar-refractivity contribution in [1.82, 2.24) is 0 Å². The molecule has 3 nitrogen and oxygen atoms in total. The van der Waals surface area contributed by atoms with E-state index in [0.29, 0.717) is 5.56 Å². The van der Waals surface area contributed by atoms with E-state index < -0.39 is 18.3 Å². The van der Waals surface area contributed by atoms with Crippen LogP contribution in [-0.2, 0) is 9.31 Å². The van der Waals surface area contributed by atoms with Gasteiger partial charge in [0.05, 0.1) is 17.0 Å². The maximum absolute atomic E-state index is 12.4. The molecule has 0 aromatic heterocycles. The Bertz CT molecular complexity index is 452. The monoisotopic (exact) mass is 260 g/mol. The van der Waals surface area contributed by atoms with Crippen LogP contribution in [0.15, 0.2) is 30.3 Å². The molecule has 2 rings (SSSR count). The third-order valence-corrected chi connectivity index (χ3v) is 4.15. The largest absolute Gasteiger partial charge is 0.469 e. The molecule has 0 radical (unpaired) electrons. The van der Waals surface area contributed by atoms with E-state index in [1.54, 1.807) is 0 Å². The number of hydrogen-bond donors (Lipinski definition) is 0. The summed E-state index contributed by atoms with van der Waals surface area (Å²) < 4.78 is 11.9. The first-order chi connectivity index (χ1) is 8.74. The second kappa shape index (κ2) is 4.76. The Hall–Kier alpha value is -1.13. The van der Waals surface area contributed by atoms with Crippen LogP contribution < -0.4 is 0 Å². The first kappa shape index (κ1) is 14.3. The molecule has 19 heavy (non-hydrogen) atoms. The van der Waals surface area contributed by atoms with Crippen LogP contribution >= 0.6 is 0 Å². The quantitative estimate of drug-likeness (QED) is 0.617. The predicted octanol–water partition coefficient (Wildman–Crippen LogP) is 3.35. The summed E-state index contributed by atoms with van der Waals surface area (Å²) in [4.78, 5) is 12.4. The van der Waals surface area contributed by atoms with E-state index in [1.807, 2.05) is 65.0 Å². The normalized spacial score (nSPS) is 22.3. The van der Waals surface area contributed by atoms with Gasteiger partial charge in [-0.1, -0.05) is 37.3 Å². The van der Waals surface area contributed by atoms with Crippen molar-refractivity contribution in [2.45, 2.75) is 51.6 Å². The smallest absolute Gasteiger partial charge is 0.403 e. The van der Waals surface area contributed by atoms with Crippen molar-refractivity contribution in [3.05, 3.63) is 35.9 Å². The lowest BCUT2D eigenvalue weighted by atomic mass is 9.69. The third kappa shape index (κ3) is 2.60. The van der Waals surface area contributed by atoms with E-state index in [4.69, 9.17) is 9.31 Å². The van der Waals surface area contributed by atoms with E-state index in [0.717, 1.165) is 0 Å². The standard InChI is InChI=1S/C15H21BO3/c1-11(13(17)12-9-7-6-8-10-12)16-18-14(2,3)15(4,5)19-16/h6-11H,1-5H3. The molecule has 1 saturated heterocycles. The molecule has 0 amide bonds. The highest BCUT2D eigenvalue weighted by Gasteiger charge is 2.54. The molecule has 1 atom stereocenters. The Morgan fingerprint density at radius 3 is 2.00 bits per heavy atom. The molecule has 1 aliphatic heterocycles. The Balaban J connectivity index is 2.14. The minimum Gasteiger partial charge on any atom is -0.403 e. The molecule has 4 heteroatoms. The van der Waals surface area contributed by atoms with E-state index in [1.165, 1.54) is 0 Å². The molecular weight excluding hydrogens is 239 g/mol. The first-order valence-electron chi connectivity index (χ1n) is 6.69. The van der Waals surface area contributed by atoms with Crippen molar-refractivity contribution in [2.24, 2.45) is 0 Å². The summed E-state index contributed by atoms with van der Waals surface area (Å²) in [6.07, 6.45) is 0. The van der Waals surface area contributed by atoms with Gasteiger partial charge in [-0.15, -0.1) is 0 Å². The molecule has 0 saturated carbocycles. The van der Waals surface area contributed by atoms with Gasteiger partial charge in [-0.05, 0) is 27.7 Å². The lowest BCUT2D eigenvalue weighted by Crippen LogP contribution is -2.41. The molecule has 102 valence electrons. The Labute approximate surface area is 115 Å². The van der Waals surface area contributed by atoms with Crippen LogP contribution in [0, 0.1) is 0 Å². The van der Waals surface area contributed by atoms with Crippen LogP contribution in [0.25, 0.3) is 0 Å². The SMILES string of the molecule is CC(B1OC(C)(C)C(C)(C)O1)C(=O)c1ccccc1. The fourth-order valence-corrected chi connectivity index (χ4v) is 2.08. The number of carbonyl (C=O) groups excluding carboxylic acids is 1. The number of rotatable bonds is 3. The zero-order valence-corrected chi connectivity index (χ0v) is 12.3. The predicted molar refractivity (Wildman–Crippen MR) is 76.3 cm³/mol. The summed E-state index contributed by atoms with van der Waals surface area (Å²) in [5.41, 5.74) is -0.101. The highest BCUT2D eigenvalue weighted by Crippen LogP contribution is 2.40. The van der Waals surface area contributed by atoms with Gasteiger partial charge in [-0.25, -0.2) is 0 Å². The molecule has 0 N–H and O–H groups in total. The lowest BCUT2D eigenvalue weighted by molar-refractivity contribution is 0.00578. The van der Waals surface area contributed by atoms with Crippen LogP contribution in [-0.4, -0.2) is 24.1 Å². The highest BCUT2D eigenvalue weighted by atomic mass is 16.7. The van der Waals surface area contributed by atoms with Gasteiger partial charge in [0, 0.05) is 5.56 Å². The van der Waals surface area contributed by atoms with Crippen LogP contribution in [0.4, 0.5) is 0 Å². The van der Waals surface area contributed by atoms with Crippen molar-refractivity contribution in [3.8, 4) is 0 Å². The first-order valence-corrected chi connectivity index (χ1v) is 6.69. The zero-order chi connectivity index (χ0) is 14.3. The number of Topliss-reactive ketones (excluding diaryl/α,β-unsaturated/α-hetero) is 1. The van der Waals surface area contributed by atoms with E-state index in [2.05, 4.69) is 0 Å². The second-order valence-electron chi connectivity index (χ2n) is 6.14. The maximum Gasteiger partial charge on any atom is 0.469 e. The molecule has 1 unspecified atom stereocenters. The summed E-state index contributed by atoms with van der Waals surface area (Å²) in [6.45, 7) is 9.83. The lowest BCUT2D eigenvalue weighted by Gasteiger charge is -2.32. The fraction of sp³-hybridized carbons (Fsp3) is 0.533. The van der Waals surface area contributed by atoms with E-state index in [9.17, 15) is 4.79 Å². The molecule has 1 heterocycles. The summed E-state index contributed by atoms with van der Waals surface area (Å²) >= 11 is 0. The van der Waals surface area contributed by atoms with E-state index in [-0.39, 0.29) is 11.6 Å². The molecule has 0 aliphatic carbocycles. The van der Waals surface area contributed by atoms with Crippen LogP contribution in [0.3, 0.4) is 0 Å². The Morgan fingerprint density at radius 2 is 1.53 bits per heavy atom. The van der Waals surface area contributed by atoms with Gasteiger partial charge in [0.25, 0.3) is 0 Å². The molecule has 1 aliphatic rings. The summed E-state index contributed by atoms with van der Waals surface area (Å²) in [7, 11) is -0.488. The Kier molecular flexibility index (Phi) is 3.58. The summed E-state index contributed by atoms with van der Waals surface area (Å²) in [6, 6.07) is 9.28.